The van der Waals surface area contributed by atoms with Crippen LogP contribution >= 0.6 is 0 Å². The van der Waals surface area contributed by atoms with Crippen LogP contribution in [0.5, 0.6) is 0 Å². The van der Waals surface area contributed by atoms with Gasteiger partial charge in [-0.2, -0.15) is 0 Å². The summed E-state index contributed by atoms with van der Waals surface area (Å²) in [7, 11) is 0. The normalized spacial score (nSPS) is 18.6. The number of ketones is 1. The van der Waals surface area contributed by atoms with E-state index >= 15 is 0 Å². The Bertz CT molecular complexity index is 564. The number of Topliss-reactive ketones (excluding diaryl/α,β-unsaturated/α-hetero) is 1. The number of H-pyrrole nitrogens is 1. The Morgan fingerprint density at radius 1 is 1.41 bits per heavy atom. The highest BCUT2D eigenvalue weighted by molar-refractivity contribution is 6.10. The molecule has 0 spiro atoms. The summed E-state index contributed by atoms with van der Waals surface area (Å²) in [6.45, 7) is 2.09. The zero-order valence-corrected chi connectivity index (χ0v) is 9.99. The van der Waals surface area contributed by atoms with Crippen molar-refractivity contribution in [3.8, 4) is 0 Å². The van der Waals surface area contributed by atoms with Crippen LogP contribution < -0.4 is 0 Å². The van der Waals surface area contributed by atoms with Gasteiger partial charge >= 0.3 is 0 Å². The molecule has 1 saturated carbocycles. The third-order valence-electron chi connectivity index (χ3n) is 3.98. The third kappa shape index (κ3) is 1.57. The number of pyridine rings is 1. The Hall–Kier alpha value is -1.64. The molecule has 2 aromatic heterocycles. The highest BCUT2D eigenvalue weighted by atomic mass is 16.1. The number of hydrogen-bond donors (Lipinski definition) is 1. The number of fused-ring (bicyclic) bond motifs is 1. The standard InChI is InChI=1S/C14H16N2O/c1-14(5-2-3-6-14)13(17)11-9-16-12-4-7-15-8-10(11)12/h4,7-9,16H,2-3,5-6H2,1H3. The minimum Gasteiger partial charge on any atom is -0.360 e. The van der Waals surface area contributed by atoms with Crippen molar-refractivity contribution in [2.75, 3.05) is 0 Å². The van der Waals surface area contributed by atoms with Crippen LogP contribution in [0.1, 0.15) is 43.0 Å². The van der Waals surface area contributed by atoms with Crippen LogP contribution in [0.15, 0.2) is 24.7 Å². The molecule has 0 bridgehead atoms. The smallest absolute Gasteiger partial charge is 0.170 e. The quantitative estimate of drug-likeness (QED) is 0.801. The van der Waals surface area contributed by atoms with Gasteiger partial charge in [0.1, 0.15) is 0 Å². The molecule has 0 saturated heterocycles. The van der Waals surface area contributed by atoms with Crippen LogP contribution in [-0.2, 0) is 0 Å². The summed E-state index contributed by atoms with van der Waals surface area (Å²) in [6, 6.07) is 1.91. The summed E-state index contributed by atoms with van der Waals surface area (Å²) in [5.41, 5.74) is 1.63. The molecule has 2 aromatic rings. The molecule has 3 nitrogen and oxygen atoms in total. The van der Waals surface area contributed by atoms with Gasteiger partial charge in [-0.1, -0.05) is 19.8 Å². The Balaban J connectivity index is 2.07. The van der Waals surface area contributed by atoms with Gasteiger partial charge in [-0.15, -0.1) is 0 Å². The molecule has 2 heterocycles. The topological polar surface area (TPSA) is 45.8 Å². The van der Waals surface area contributed by atoms with Crippen molar-refractivity contribution in [3.05, 3.63) is 30.2 Å². The highest BCUT2D eigenvalue weighted by Crippen LogP contribution is 2.41. The van der Waals surface area contributed by atoms with Gasteiger partial charge in [-0.25, -0.2) is 0 Å². The molecule has 1 aliphatic rings. The first kappa shape index (κ1) is 10.5. The fourth-order valence-corrected chi connectivity index (χ4v) is 2.86. The Morgan fingerprint density at radius 2 is 2.18 bits per heavy atom. The van der Waals surface area contributed by atoms with E-state index in [4.69, 9.17) is 0 Å². The zero-order valence-electron chi connectivity index (χ0n) is 9.99. The van der Waals surface area contributed by atoms with Crippen molar-refractivity contribution in [1.29, 1.82) is 0 Å². The van der Waals surface area contributed by atoms with Crippen LogP contribution in [0.2, 0.25) is 0 Å². The summed E-state index contributed by atoms with van der Waals surface area (Å²) in [5.74, 6) is 0.272. The molecule has 1 fully saturated rings. The van der Waals surface area contributed by atoms with Crippen LogP contribution in [0.25, 0.3) is 10.9 Å². The number of hydrogen-bond acceptors (Lipinski definition) is 2. The monoisotopic (exact) mass is 228 g/mol. The summed E-state index contributed by atoms with van der Waals surface area (Å²) >= 11 is 0. The van der Waals surface area contributed by atoms with Crippen molar-refractivity contribution in [2.45, 2.75) is 32.6 Å². The summed E-state index contributed by atoms with van der Waals surface area (Å²) in [6.07, 6.45) is 9.71. The number of rotatable bonds is 2. The van der Waals surface area contributed by atoms with E-state index in [9.17, 15) is 4.79 Å². The molecule has 0 aliphatic heterocycles. The molecule has 0 amide bonds. The largest absolute Gasteiger partial charge is 0.360 e. The minimum absolute atomic E-state index is 0.162. The predicted molar refractivity (Wildman–Crippen MR) is 67.0 cm³/mol. The average Bonchev–Trinajstić information content (AvgIpc) is 2.95. The maximum absolute atomic E-state index is 12.6. The molecule has 0 aromatic carbocycles. The third-order valence-corrected chi connectivity index (χ3v) is 3.98. The molecular formula is C14H16N2O. The first-order valence-electron chi connectivity index (χ1n) is 6.17. The van der Waals surface area contributed by atoms with Gasteiger partial charge in [0, 0.05) is 40.5 Å². The molecule has 1 aliphatic carbocycles. The van der Waals surface area contributed by atoms with E-state index in [1.54, 1.807) is 12.4 Å². The molecular weight excluding hydrogens is 212 g/mol. The summed E-state index contributed by atoms with van der Waals surface area (Å²) in [4.78, 5) is 19.9. The number of aromatic nitrogens is 2. The number of carbonyl (C=O) groups excluding carboxylic acids is 1. The number of aromatic amines is 1. The van der Waals surface area contributed by atoms with E-state index < -0.39 is 0 Å². The Kier molecular flexibility index (Phi) is 2.28. The molecule has 17 heavy (non-hydrogen) atoms. The fourth-order valence-electron chi connectivity index (χ4n) is 2.86. The predicted octanol–water partition coefficient (Wildman–Crippen LogP) is 3.33. The van der Waals surface area contributed by atoms with Gasteiger partial charge in [0.2, 0.25) is 0 Å². The minimum atomic E-state index is -0.162. The lowest BCUT2D eigenvalue weighted by Crippen LogP contribution is -2.24. The van der Waals surface area contributed by atoms with E-state index in [-0.39, 0.29) is 11.2 Å². The number of carbonyl (C=O) groups is 1. The van der Waals surface area contributed by atoms with Gasteiger partial charge < -0.3 is 4.98 Å². The molecule has 1 N–H and O–H groups in total. The van der Waals surface area contributed by atoms with Crippen molar-refractivity contribution < 1.29 is 4.79 Å². The van der Waals surface area contributed by atoms with Crippen LogP contribution in [0, 0.1) is 5.41 Å². The Labute approximate surface area is 100 Å². The van der Waals surface area contributed by atoms with Gasteiger partial charge in [0.05, 0.1) is 0 Å². The lowest BCUT2D eigenvalue weighted by Gasteiger charge is -2.21. The van der Waals surface area contributed by atoms with Gasteiger partial charge in [-0.3, -0.25) is 9.78 Å². The number of nitrogens with one attached hydrogen (secondary N) is 1. The van der Waals surface area contributed by atoms with Crippen LogP contribution in [0.3, 0.4) is 0 Å². The summed E-state index contributed by atoms with van der Waals surface area (Å²) in [5, 5.41) is 0.950. The van der Waals surface area contributed by atoms with Gasteiger partial charge in [-0.05, 0) is 18.9 Å². The van der Waals surface area contributed by atoms with Crippen molar-refractivity contribution in [1.82, 2.24) is 9.97 Å². The first-order valence-corrected chi connectivity index (χ1v) is 6.17. The first-order chi connectivity index (χ1) is 8.21. The lowest BCUT2D eigenvalue weighted by atomic mass is 9.81. The van der Waals surface area contributed by atoms with Crippen molar-refractivity contribution in [3.63, 3.8) is 0 Å². The van der Waals surface area contributed by atoms with E-state index in [2.05, 4.69) is 16.9 Å². The van der Waals surface area contributed by atoms with Crippen LogP contribution in [-0.4, -0.2) is 15.8 Å². The van der Waals surface area contributed by atoms with Crippen molar-refractivity contribution >= 4 is 16.7 Å². The summed E-state index contributed by atoms with van der Waals surface area (Å²) < 4.78 is 0. The average molecular weight is 228 g/mol. The molecule has 3 heteroatoms. The van der Waals surface area contributed by atoms with E-state index in [1.165, 1.54) is 12.8 Å². The maximum atomic E-state index is 12.6. The molecule has 0 radical (unpaired) electrons. The van der Waals surface area contributed by atoms with E-state index in [1.807, 2.05) is 12.3 Å². The fraction of sp³-hybridized carbons (Fsp3) is 0.429. The molecule has 3 rings (SSSR count). The zero-order chi connectivity index (χ0) is 11.9. The van der Waals surface area contributed by atoms with Gasteiger partial charge in [0.25, 0.3) is 0 Å². The molecule has 0 unspecified atom stereocenters. The second-order valence-corrected chi connectivity index (χ2v) is 5.22. The van der Waals surface area contributed by atoms with Crippen LogP contribution in [0.4, 0.5) is 0 Å². The van der Waals surface area contributed by atoms with Crippen molar-refractivity contribution in [2.24, 2.45) is 5.41 Å². The van der Waals surface area contributed by atoms with E-state index in [0.29, 0.717) is 0 Å². The second kappa shape index (κ2) is 3.69. The maximum Gasteiger partial charge on any atom is 0.170 e. The highest BCUT2D eigenvalue weighted by Gasteiger charge is 2.37. The molecule has 88 valence electrons. The second-order valence-electron chi connectivity index (χ2n) is 5.22. The van der Waals surface area contributed by atoms with Gasteiger partial charge in [0.15, 0.2) is 5.78 Å². The van der Waals surface area contributed by atoms with E-state index in [0.717, 1.165) is 29.3 Å². The SMILES string of the molecule is CC1(C(=O)c2c[nH]c3ccncc23)CCCC1. The molecule has 0 atom stereocenters. The Morgan fingerprint density at radius 3 is 2.94 bits per heavy atom. The number of nitrogens with zero attached hydrogens (tertiary/aromatic N) is 1. The lowest BCUT2D eigenvalue weighted by molar-refractivity contribution is 0.0825.